The maximum atomic E-state index is 12.4. The maximum Gasteiger partial charge on any atom is 0.193 e. The fourth-order valence-electron chi connectivity index (χ4n) is 3.52. The van der Waals surface area contributed by atoms with E-state index in [1.54, 1.807) is 0 Å². The third kappa shape index (κ3) is 5.13. The van der Waals surface area contributed by atoms with Gasteiger partial charge in [0, 0.05) is 12.8 Å². The van der Waals surface area contributed by atoms with Crippen LogP contribution in [-0.2, 0) is 22.1 Å². The first-order valence-corrected chi connectivity index (χ1v) is 11.9. The summed E-state index contributed by atoms with van der Waals surface area (Å²) in [5.74, 6) is 0. The largest absolute Gasteiger partial charge is 0.404 e. The van der Waals surface area contributed by atoms with Crippen LogP contribution in [0.3, 0.4) is 0 Å². The third-order valence-corrected chi connectivity index (χ3v) is 9.97. The topological polar surface area (TPSA) is 26.3 Å². The van der Waals surface area contributed by atoms with E-state index in [2.05, 4.69) is 45.0 Å². The van der Waals surface area contributed by atoms with Crippen LogP contribution in [0.2, 0.25) is 18.1 Å². The second-order valence-electron chi connectivity index (χ2n) is 6.85. The van der Waals surface area contributed by atoms with Gasteiger partial charge in [-0.25, -0.2) is 0 Å². The molecule has 0 fully saturated rings. The zero-order valence-corrected chi connectivity index (χ0v) is 16.7. The fourth-order valence-corrected chi connectivity index (χ4v) is 6.51. The Morgan fingerprint density at radius 2 is 1.20 bits per heavy atom. The van der Waals surface area contributed by atoms with Gasteiger partial charge in [0.25, 0.3) is 0 Å². The molecule has 0 aromatic heterocycles. The van der Waals surface area contributed by atoms with Gasteiger partial charge >= 0.3 is 0 Å². The minimum absolute atomic E-state index is 0.626. The second kappa shape index (κ2) is 9.11. The van der Waals surface area contributed by atoms with Crippen molar-refractivity contribution < 1.29 is 9.22 Å². The van der Waals surface area contributed by atoms with Crippen molar-refractivity contribution in [2.24, 2.45) is 0 Å². The Morgan fingerprint density at radius 3 is 1.52 bits per heavy atom. The number of aldehydes is 1. The van der Waals surface area contributed by atoms with Crippen LogP contribution >= 0.6 is 0 Å². The Balaban J connectivity index is 2.39. The molecule has 0 saturated heterocycles. The molecule has 0 N–H and O–H groups in total. The summed E-state index contributed by atoms with van der Waals surface area (Å²) in [6, 6.07) is 23.6. The van der Waals surface area contributed by atoms with E-state index < -0.39 is 13.9 Å². The quantitative estimate of drug-likeness (QED) is 0.420. The molecule has 2 rings (SSSR count). The highest BCUT2D eigenvalue weighted by Gasteiger charge is 2.41. The van der Waals surface area contributed by atoms with Crippen LogP contribution in [0.15, 0.2) is 60.7 Å². The molecule has 3 heteroatoms. The van der Waals surface area contributed by atoms with Gasteiger partial charge in [-0.3, -0.25) is 0 Å². The third-order valence-electron chi connectivity index (χ3n) is 5.26. The Kier molecular flexibility index (Phi) is 7.15. The molecule has 0 saturated carbocycles. The van der Waals surface area contributed by atoms with Crippen molar-refractivity contribution in [1.29, 1.82) is 0 Å². The molecular weight excluding hydrogens is 324 g/mol. The molecule has 0 amide bonds. The molecule has 2 aromatic rings. The number of carbonyl (C=O) groups excluding carboxylic acids is 1. The lowest BCUT2D eigenvalue weighted by atomic mass is 9.89. The van der Waals surface area contributed by atoms with Crippen molar-refractivity contribution >= 4 is 14.6 Å². The number of hydrogen-bond donors (Lipinski definition) is 0. The Labute approximate surface area is 153 Å². The lowest BCUT2D eigenvalue weighted by Gasteiger charge is -2.39. The van der Waals surface area contributed by atoms with Crippen molar-refractivity contribution in [3.63, 3.8) is 0 Å². The van der Waals surface area contributed by atoms with Gasteiger partial charge in [-0.2, -0.15) is 0 Å². The van der Waals surface area contributed by atoms with Gasteiger partial charge in [0.15, 0.2) is 14.6 Å². The molecule has 25 heavy (non-hydrogen) atoms. The molecule has 134 valence electrons. The van der Waals surface area contributed by atoms with Gasteiger partial charge in [0.05, 0.1) is 0 Å². The first-order chi connectivity index (χ1) is 12.1. The molecule has 0 radical (unpaired) electrons. The van der Waals surface area contributed by atoms with Gasteiger partial charge < -0.3 is 9.22 Å². The van der Waals surface area contributed by atoms with Crippen molar-refractivity contribution in [1.82, 2.24) is 0 Å². The van der Waals surface area contributed by atoms with E-state index in [-0.39, 0.29) is 0 Å². The van der Waals surface area contributed by atoms with E-state index in [1.165, 1.54) is 0 Å². The molecule has 0 unspecified atom stereocenters. The lowest BCUT2D eigenvalue weighted by Crippen LogP contribution is -2.51. The van der Waals surface area contributed by atoms with Gasteiger partial charge in [-0.05, 0) is 29.3 Å². The highest BCUT2D eigenvalue weighted by molar-refractivity contribution is 6.73. The number of rotatable bonds is 10. The number of carbonyl (C=O) groups is 1. The van der Waals surface area contributed by atoms with Crippen LogP contribution in [0, 0.1) is 0 Å². The highest BCUT2D eigenvalue weighted by Crippen LogP contribution is 2.31. The van der Waals surface area contributed by atoms with Crippen molar-refractivity contribution in [3.05, 3.63) is 71.8 Å². The van der Waals surface area contributed by atoms with E-state index in [9.17, 15) is 4.79 Å². The van der Waals surface area contributed by atoms with Crippen LogP contribution in [0.4, 0.5) is 0 Å². The summed E-state index contributed by atoms with van der Waals surface area (Å²) >= 11 is 0. The average molecular weight is 355 g/mol. The van der Waals surface area contributed by atoms with Gasteiger partial charge in [0.2, 0.25) is 0 Å². The fraction of sp³-hybridized carbons (Fsp3) is 0.409. The summed E-state index contributed by atoms with van der Waals surface area (Å²) in [6.45, 7) is 6.62. The maximum absolute atomic E-state index is 12.4. The van der Waals surface area contributed by atoms with E-state index in [0.717, 1.165) is 35.5 Å². The molecule has 0 spiro atoms. The van der Waals surface area contributed by atoms with Crippen LogP contribution < -0.4 is 0 Å². The van der Waals surface area contributed by atoms with Gasteiger partial charge in [0.1, 0.15) is 5.60 Å². The first kappa shape index (κ1) is 19.6. The second-order valence-corrected chi connectivity index (χ2v) is 11.5. The molecule has 0 bridgehead atoms. The van der Waals surface area contributed by atoms with Crippen molar-refractivity contribution in [3.8, 4) is 0 Å². The minimum atomic E-state index is -1.91. The summed E-state index contributed by atoms with van der Waals surface area (Å²) in [4.78, 5) is 12.4. The predicted molar refractivity (Wildman–Crippen MR) is 107 cm³/mol. The monoisotopic (exact) mass is 354 g/mol. The zero-order chi connectivity index (χ0) is 18.2. The molecule has 0 heterocycles. The molecule has 0 atom stereocenters. The molecule has 2 aromatic carbocycles. The Hall–Kier alpha value is -1.71. The van der Waals surface area contributed by atoms with E-state index >= 15 is 0 Å². The summed E-state index contributed by atoms with van der Waals surface area (Å²) in [7, 11) is -1.91. The summed E-state index contributed by atoms with van der Waals surface area (Å²) < 4.78 is 6.80. The van der Waals surface area contributed by atoms with Crippen molar-refractivity contribution in [2.45, 2.75) is 57.3 Å². The lowest BCUT2D eigenvalue weighted by molar-refractivity contribution is -0.122. The van der Waals surface area contributed by atoms with Crippen molar-refractivity contribution in [2.75, 3.05) is 0 Å². The van der Waals surface area contributed by atoms with Crippen LogP contribution in [0.5, 0.6) is 0 Å². The summed E-state index contributed by atoms with van der Waals surface area (Å²) in [5, 5.41) is 0. The van der Waals surface area contributed by atoms with E-state index in [4.69, 9.17) is 4.43 Å². The molecule has 0 aliphatic rings. The average Bonchev–Trinajstić information content (AvgIpc) is 2.68. The number of benzene rings is 2. The zero-order valence-electron chi connectivity index (χ0n) is 15.7. The first-order valence-electron chi connectivity index (χ1n) is 9.35. The highest BCUT2D eigenvalue weighted by atomic mass is 28.4. The van der Waals surface area contributed by atoms with Crippen LogP contribution in [0.1, 0.15) is 31.9 Å². The standard InChI is InChI=1S/C22H30O2Si/c1-4-25(5-2,6-3)24-22(19-23,17-20-13-9-7-10-14-20)18-21-15-11-8-12-16-21/h7-16,19H,4-6,17-18H2,1-3H3. The summed E-state index contributed by atoms with van der Waals surface area (Å²) in [6.07, 6.45) is 2.32. The normalized spacial score (nSPS) is 12.1. The SMILES string of the molecule is CC[Si](CC)(CC)OC(C=O)(Cc1ccccc1)Cc1ccccc1. The Morgan fingerprint density at radius 1 is 0.800 bits per heavy atom. The number of hydrogen-bond acceptors (Lipinski definition) is 2. The van der Waals surface area contributed by atoms with E-state index in [1.807, 2.05) is 36.4 Å². The molecule has 2 nitrogen and oxygen atoms in total. The van der Waals surface area contributed by atoms with Crippen LogP contribution in [-0.4, -0.2) is 20.2 Å². The predicted octanol–water partition coefficient (Wildman–Crippen LogP) is 5.43. The molecule has 0 aliphatic heterocycles. The molecular formula is C22H30O2Si. The molecule has 0 aliphatic carbocycles. The summed E-state index contributed by atoms with van der Waals surface area (Å²) in [5.41, 5.74) is 1.52. The van der Waals surface area contributed by atoms with Gasteiger partial charge in [-0.1, -0.05) is 81.4 Å². The van der Waals surface area contributed by atoms with Gasteiger partial charge in [-0.15, -0.1) is 0 Å². The van der Waals surface area contributed by atoms with E-state index in [0.29, 0.717) is 12.8 Å². The Bertz CT molecular complexity index is 586. The minimum Gasteiger partial charge on any atom is -0.404 e. The van der Waals surface area contributed by atoms with Crippen LogP contribution in [0.25, 0.3) is 0 Å². The smallest absolute Gasteiger partial charge is 0.193 e.